The van der Waals surface area contributed by atoms with E-state index in [2.05, 4.69) is 27.9 Å². The van der Waals surface area contributed by atoms with Crippen LogP contribution >= 0.6 is 0 Å². The van der Waals surface area contributed by atoms with Gasteiger partial charge >= 0.3 is 0 Å². The van der Waals surface area contributed by atoms with E-state index in [0.717, 1.165) is 11.0 Å². The smallest absolute Gasteiger partial charge is 0.102 e. The first-order valence-electron chi connectivity index (χ1n) is 9.98. The molecular weight excluding hydrogens is 270 g/mol. The fraction of sp³-hybridized carbons (Fsp3) is 1.00. The first-order chi connectivity index (χ1) is 10.5. The van der Waals surface area contributed by atoms with E-state index in [0.29, 0.717) is 12.6 Å². The van der Waals surface area contributed by atoms with Gasteiger partial charge < -0.3 is 9.59 Å². The fourth-order valence-electron chi connectivity index (χ4n) is 3.11. The second-order valence-corrected chi connectivity index (χ2v) is 7.75. The van der Waals surface area contributed by atoms with Crippen LogP contribution in [0.25, 0.3) is 0 Å². The molecule has 2 nitrogen and oxygen atoms in total. The van der Waals surface area contributed by atoms with Gasteiger partial charge in [0.1, 0.15) is 6.54 Å². The van der Waals surface area contributed by atoms with E-state index in [1.165, 1.54) is 83.5 Å². The number of nitrogens with zero attached hydrogens (tertiary/aromatic N) is 1. The molecule has 2 heteroatoms. The van der Waals surface area contributed by atoms with Gasteiger partial charge in [0.05, 0.1) is 26.7 Å². The largest absolute Gasteiger partial charge is 0.391 e. The summed E-state index contributed by atoms with van der Waals surface area (Å²) >= 11 is 0. The minimum atomic E-state index is 0.301. The van der Waals surface area contributed by atoms with Gasteiger partial charge in [0.2, 0.25) is 0 Å². The van der Waals surface area contributed by atoms with Gasteiger partial charge in [-0.15, -0.1) is 0 Å². The zero-order valence-electron chi connectivity index (χ0n) is 16.1. The molecule has 0 aliphatic heterocycles. The molecule has 22 heavy (non-hydrogen) atoms. The van der Waals surface area contributed by atoms with Gasteiger partial charge in [0.15, 0.2) is 0 Å². The molecule has 0 aromatic rings. The Labute approximate surface area is 140 Å². The summed E-state index contributed by atoms with van der Waals surface area (Å²) in [4.78, 5) is 0. The van der Waals surface area contributed by atoms with Crippen LogP contribution < -0.4 is 0 Å². The van der Waals surface area contributed by atoms with Gasteiger partial charge in [0, 0.05) is 0 Å². The van der Waals surface area contributed by atoms with Crippen molar-refractivity contribution in [2.75, 3.05) is 27.2 Å². The third-order valence-corrected chi connectivity index (χ3v) is 5.34. The SMILES string of the molecule is CCCCCCCCCCCCCCC(C)[N+](C)(C)CCO. The summed E-state index contributed by atoms with van der Waals surface area (Å²) in [6.45, 7) is 5.79. The van der Waals surface area contributed by atoms with Crippen molar-refractivity contribution in [3.05, 3.63) is 0 Å². The highest BCUT2D eigenvalue weighted by Crippen LogP contribution is 2.16. The maximum absolute atomic E-state index is 9.11. The average molecular weight is 315 g/mol. The number of aliphatic hydroxyl groups is 1. The van der Waals surface area contributed by atoms with Crippen molar-refractivity contribution in [1.82, 2.24) is 0 Å². The quantitative estimate of drug-likeness (QED) is 0.293. The van der Waals surface area contributed by atoms with Crippen LogP contribution in [0.3, 0.4) is 0 Å². The van der Waals surface area contributed by atoms with Crippen molar-refractivity contribution < 1.29 is 9.59 Å². The molecule has 0 saturated heterocycles. The summed E-state index contributed by atoms with van der Waals surface area (Å²) in [5, 5.41) is 9.11. The highest BCUT2D eigenvalue weighted by molar-refractivity contribution is 4.54. The van der Waals surface area contributed by atoms with Crippen molar-refractivity contribution >= 4 is 0 Å². The van der Waals surface area contributed by atoms with E-state index >= 15 is 0 Å². The first-order valence-corrected chi connectivity index (χ1v) is 9.98. The highest BCUT2D eigenvalue weighted by Gasteiger charge is 2.22. The average Bonchev–Trinajstić information content (AvgIpc) is 2.48. The molecule has 134 valence electrons. The molecule has 1 atom stereocenters. The van der Waals surface area contributed by atoms with Crippen LogP contribution in [-0.4, -0.2) is 42.9 Å². The van der Waals surface area contributed by atoms with Crippen molar-refractivity contribution in [3.63, 3.8) is 0 Å². The monoisotopic (exact) mass is 314 g/mol. The summed E-state index contributed by atoms with van der Waals surface area (Å²) in [5.74, 6) is 0. The van der Waals surface area contributed by atoms with Gasteiger partial charge in [-0.05, 0) is 19.8 Å². The number of hydrogen-bond donors (Lipinski definition) is 1. The molecule has 0 aliphatic carbocycles. The van der Waals surface area contributed by atoms with Crippen molar-refractivity contribution in [2.24, 2.45) is 0 Å². The lowest BCUT2D eigenvalue weighted by molar-refractivity contribution is -0.913. The van der Waals surface area contributed by atoms with Crippen LogP contribution in [0.4, 0.5) is 0 Å². The minimum Gasteiger partial charge on any atom is -0.391 e. The molecule has 0 spiro atoms. The normalized spacial score (nSPS) is 13.5. The summed E-state index contributed by atoms with van der Waals surface area (Å²) < 4.78 is 0.953. The van der Waals surface area contributed by atoms with E-state index in [1.807, 2.05) is 0 Å². The van der Waals surface area contributed by atoms with Crippen molar-refractivity contribution in [2.45, 2.75) is 103 Å². The Hall–Kier alpha value is -0.0800. The Kier molecular flexibility index (Phi) is 14.5. The number of rotatable bonds is 16. The van der Waals surface area contributed by atoms with E-state index in [-0.39, 0.29) is 0 Å². The maximum atomic E-state index is 9.11. The predicted octanol–water partition coefficient (Wildman–Crippen LogP) is 5.53. The molecule has 0 radical (unpaired) electrons. The molecule has 0 rings (SSSR count). The standard InChI is InChI=1S/C20H44NO/c1-5-6-7-8-9-10-11-12-13-14-15-16-17-20(2)21(3,4)18-19-22/h20,22H,5-19H2,1-4H3/q+1. The topological polar surface area (TPSA) is 20.2 Å². The Morgan fingerprint density at radius 1 is 0.727 bits per heavy atom. The number of likely N-dealkylation sites (N-methyl/N-ethyl adjacent to an activating group) is 1. The van der Waals surface area contributed by atoms with Gasteiger partial charge in [-0.1, -0.05) is 77.6 Å². The zero-order chi connectivity index (χ0) is 16.7. The molecule has 0 aromatic carbocycles. The lowest BCUT2D eigenvalue weighted by Gasteiger charge is -2.35. The maximum Gasteiger partial charge on any atom is 0.102 e. The molecule has 0 saturated carbocycles. The number of aliphatic hydroxyl groups excluding tert-OH is 1. The molecule has 0 amide bonds. The minimum absolute atomic E-state index is 0.301. The molecule has 0 fully saturated rings. The molecule has 0 aromatic heterocycles. The first kappa shape index (κ1) is 21.9. The number of quaternary nitrogens is 1. The van der Waals surface area contributed by atoms with Crippen LogP contribution in [0, 0.1) is 0 Å². The lowest BCUT2D eigenvalue weighted by Crippen LogP contribution is -2.48. The van der Waals surface area contributed by atoms with Gasteiger partial charge in [-0.25, -0.2) is 0 Å². The van der Waals surface area contributed by atoms with Crippen LogP contribution in [0.5, 0.6) is 0 Å². The van der Waals surface area contributed by atoms with Gasteiger partial charge in [0.25, 0.3) is 0 Å². The third kappa shape index (κ3) is 12.5. The summed E-state index contributed by atoms with van der Waals surface area (Å²) in [6.07, 6.45) is 18.3. The fourth-order valence-corrected chi connectivity index (χ4v) is 3.11. The molecule has 1 N–H and O–H groups in total. The van der Waals surface area contributed by atoms with Crippen molar-refractivity contribution in [1.29, 1.82) is 0 Å². The van der Waals surface area contributed by atoms with Crippen LogP contribution in [0.2, 0.25) is 0 Å². The van der Waals surface area contributed by atoms with Crippen LogP contribution in [0.15, 0.2) is 0 Å². The molecule has 1 unspecified atom stereocenters. The zero-order valence-corrected chi connectivity index (χ0v) is 16.1. The number of unbranched alkanes of at least 4 members (excludes halogenated alkanes) is 11. The summed E-state index contributed by atoms with van der Waals surface area (Å²) in [5.41, 5.74) is 0. The van der Waals surface area contributed by atoms with E-state index in [9.17, 15) is 0 Å². The van der Waals surface area contributed by atoms with Crippen LogP contribution in [0.1, 0.15) is 97.3 Å². The van der Waals surface area contributed by atoms with E-state index in [1.54, 1.807) is 0 Å². The predicted molar refractivity (Wildman–Crippen MR) is 99.2 cm³/mol. The van der Waals surface area contributed by atoms with Crippen molar-refractivity contribution in [3.8, 4) is 0 Å². The number of hydrogen-bond acceptors (Lipinski definition) is 1. The summed E-state index contributed by atoms with van der Waals surface area (Å²) in [6, 6.07) is 0.662. The second kappa shape index (κ2) is 14.5. The van der Waals surface area contributed by atoms with Gasteiger partial charge in [-0.3, -0.25) is 0 Å². The van der Waals surface area contributed by atoms with E-state index in [4.69, 9.17) is 5.11 Å². The summed E-state index contributed by atoms with van der Waals surface area (Å²) in [7, 11) is 4.47. The Morgan fingerprint density at radius 3 is 1.55 bits per heavy atom. The van der Waals surface area contributed by atoms with Crippen LogP contribution in [-0.2, 0) is 0 Å². The highest BCUT2D eigenvalue weighted by atomic mass is 16.3. The third-order valence-electron chi connectivity index (χ3n) is 5.34. The Morgan fingerprint density at radius 2 is 1.14 bits per heavy atom. The van der Waals surface area contributed by atoms with Gasteiger partial charge in [-0.2, -0.15) is 0 Å². The lowest BCUT2D eigenvalue weighted by atomic mass is 10.0. The molecule has 0 aliphatic rings. The second-order valence-electron chi connectivity index (χ2n) is 7.75. The molecular formula is C20H44NO+. The molecule has 0 bridgehead atoms. The van der Waals surface area contributed by atoms with E-state index < -0.39 is 0 Å². The Balaban J connectivity index is 3.30. The molecule has 0 heterocycles. The Bertz CT molecular complexity index is 228.